The Morgan fingerprint density at radius 3 is 2.54 bits per heavy atom. The Bertz CT molecular complexity index is 1610. The highest BCUT2D eigenvalue weighted by Gasteiger charge is 2.50. The summed E-state index contributed by atoms with van der Waals surface area (Å²) in [5, 5.41) is 27.4. The van der Waals surface area contributed by atoms with E-state index in [9.17, 15) is 33.4 Å². The number of rotatable bonds is 9. The van der Waals surface area contributed by atoms with Crippen molar-refractivity contribution in [2.24, 2.45) is 0 Å². The average molecular weight is 656 g/mol. The summed E-state index contributed by atoms with van der Waals surface area (Å²) in [5.41, 5.74) is 1.91. The molecule has 2 aromatic rings. The molecule has 0 spiro atoms. The fourth-order valence-corrected chi connectivity index (χ4v) is 6.69. The van der Waals surface area contributed by atoms with Gasteiger partial charge in [0, 0.05) is 16.9 Å². The zero-order valence-electron chi connectivity index (χ0n) is 25.5. The standard InChI is InChI=1S/C33H35F2N3O7S/c1-19-22(11-7-8-12-24(19)39)29(41)37-23(15-20-9-5-4-6-10-20)27(40)31(43)38-18-46-32(2,3)28(38)30(42)36-17-21-13-14-25-26(16-21)45-33(34,35)44-25/h4-10,12-14,16,23,27-28,39-40H,11,15,17-18H2,1-3H3,(H,36,42)(H,37,41)/t23?,27?,28-/m1/s1. The summed E-state index contributed by atoms with van der Waals surface area (Å²) in [6.07, 6.45) is -0.271. The number of halogens is 2. The van der Waals surface area contributed by atoms with Crippen LogP contribution in [0.3, 0.4) is 0 Å². The molecule has 4 N–H and O–H groups in total. The molecule has 2 unspecified atom stereocenters. The van der Waals surface area contributed by atoms with Crippen molar-refractivity contribution in [3.63, 3.8) is 0 Å². The number of aliphatic hydroxyl groups excluding tert-OH is 2. The van der Waals surface area contributed by atoms with E-state index in [-0.39, 0.29) is 42.5 Å². The van der Waals surface area contributed by atoms with Crippen LogP contribution in [-0.4, -0.2) is 67.9 Å². The van der Waals surface area contributed by atoms with E-state index in [1.165, 1.54) is 40.9 Å². The van der Waals surface area contributed by atoms with Crippen LogP contribution in [0.5, 0.6) is 11.5 Å². The quantitative estimate of drug-likeness (QED) is 0.317. The number of ether oxygens (including phenoxy) is 2. The third kappa shape index (κ3) is 7.20. The third-order valence-electron chi connectivity index (χ3n) is 8.08. The van der Waals surface area contributed by atoms with Gasteiger partial charge in [-0.1, -0.05) is 48.6 Å². The number of alkyl halides is 2. The van der Waals surface area contributed by atoms with Gasteiger partial charge in [0.05, 0.1) is 11.9 Å². The molecule has 3 aliphatic rings. The zero-order valence-corrected chi connectivity index (χ0v) is 26.3. The first-order valence-electron chi connectivity index (χ1n) is 14.7. The molecule has 2 aliphatic heterocycles. The normalized spacial score (nSPS) is 20.9. The molecule has 10 nitrogen and oxygen atoms in total. The van der Waals surface area contributed by atoms with E-state index in [1.54, 1.807) is 31.2 Å². The number of hydrogen-bond acceptors (Lipinski definition) is 8. The van der Waals surface area contributed by atoms with Crippen molar-refractivity contribution < 1.29 is 42.9 Å². The van der Waals surface area contributed by atoms with Gasteiger partial charge < -0.3 is 35.2 Å². The zero-order chi connectivity index (χ0) is 33.2. The Kier molecular flexibility index (Phi) is 9.45. The van der Waals surface area contributed by atoms with Crippen LogP contribution >= 0.6 is 11.8 Å². The molecule has 1 fully saturated rings. The molecule has 2 aromatic carbocycles. The van der Waals surface area contributed by atoms with E-state index in [2.05, 4.69) is 20.1 Å². The second kappa shape index (κ2) is 13.2. The highest BCUT2D eigenvalue weighted by Crippen LogP contribution is 2.42. The van der Waals surface area contributed by atoms with E-state index in [1.807, 2.05) is 32.0 Å². The largest absolute Gasteiger partial charge is 0.586 e. The molecule has 1 aliphatic carbocycles. The van der Waals surface area contributed by atoms with Crippen LogP contribution in [0.2, 0.25) is 0 Å². The van der Waals surface area contributed by atoms with Gasteiger partial charge >= 0.3 is 6.29 Å². The summed E-state index contributed by atoms with van der Waals surface area (Å²) in [7, 11) is 0. The van der Waals surface area contributed by atoms with Crippen LogP contribution < -0.4 is 20.1 Å². The van der Waals surface area contributed by atoms with Crippen LogP contribution in [-0.2, 0) is 27.3 Å². The molecule has 3 amide bonds. The van der Waals surface area contributed by atoms with Gasteiger partial charge in [0.25, 0.3) is 5.91 Å². The van der Waals surface area contributed by atoms with Gasteiger partial charge in [-0.2, -0.15) is 0 Å². The SMILES string of the molecule is CC1=C(C(=O)NC(Cc2ccccc2)C(O)C(=O)N2CSC(C)(C)[C@H]2C(=O)NCc2ccc3c(c2)OC(F)(F)O3)CC=CC=C1O. The lowest BCUT2D eigenvalue weighted by atomic mass is 9.96. The maximum Gasteiger partial charge on any atom is 0.586 e. The molecule has 46 heavy (non-hydrogen) atoms. The minimum Gasteiger partial charge on any atom is -0.508 e. The van der Waals surface area contributed by atoms with Crippen molar-refractivity contribution in [3.8, 4) is 11.5 Å². The van der Waals surface area contributed by atoms with Crippen LogP contribution in [0.25, 0.3) is 0 Å². The second-order valence-electron chi connectivity index (χ2n) is 11.8. The third-order valence-corrected chi connectivity index (χ3v) is 9.46. The van der Waals surface area contributed by atoms with Crippen molar-refractivity contribution in [1.29, 1.82) is 0 Å². The van der Waals surface area contributed by atoms with Gasteiger partial charge in [-0.3, -0.25) is 14.4 Å². The predicted molar refractivity (Wildman–Crippen MR) is 167 cm³/mol. The van der Waals surface area contributed by atoms with E-state index in [4.69, 9.17) is 0 Å². The number of carbonyl (C=O) groups excluding carboxylic acids is 3. The first-order valence-corrected chi connectivity index (χ1v) is 15.6. The van der Waals surface area contributed by atoms with Crippen LogP contribution in [0.4, 0.5) is 8.78 Å². The summed E-state index contributed by atoms with van der Waals surface area (Å²) in [5.74, 6) is -2.00. The van der Waals surface area contributed by atoms with Crippen LogP contribution in [0.1, 0.15) is 38.3 Å². The number of fused-ring (bicyclic) bond motifs is 1. The summed E-state index contributed by atoms with van der Waals surface area (Å²) in [6.45, 7) is 5.19. The van der Waals surface area contributed by atoms with Gasteiger partial charge in [0.2, 0.25) is 11.8 Å². The monoisotopic (exact) mass is 655 g/mol. The number of benzene rings is 2. The molecule has 1 saturated heterocycles. The second-order valence-corrected chi connectivity index (χ2v) is 13.4. The number of amides is 3. The van der Waals surface area contributed by atoms with Crippen molar-refractivity contribution in [2.45, 2.75) is 69.4 Å². The van der Waals surface area contributed by atoms with Crippen LogP contribution in [0, 0.1) is 0 Å². The predicted octanol–water partition coefficient (Wildman–Crippen LogP) is 4.11. The lowest BCUT2D eigenvalue weighted by Gasteiger charge is -2.33. The molecule has 3 atom stereocenters. The first-order chi connectivity index (χ1) is 21.8. The molecule has 0 aromatic heterocycles. The van der Waals surface area contributed by atoms with E-state index < -0.39 is 47.0 Å². The molecule has 2 heterocycles. The van der Waals surface area contributed by atoms with Gasteiger partial charge in [0.1, 0.15) is 11.8 Å². The molecule has 0 saturated carbocycles. The van der Waals surface area contributed by atoms with E-state index in [0.29, 0.717) is 16.7 Å². The highest BCUT2D eigenvalue weighted by atomic mass is 32.2. The van der Waals surface area contributed by atoms with Crippen molar-refractivity contribution in [3.05, 3.63) is 94.8 Å². The number of allylic oxidation sites excluding steroid dienone is 4. The highest BCUT2D eigenvalue weighted by molar-refractivity contribution is 8.00. The fraction of sp³-hybridized carbons (Fsp3) is 0.364. The van der Waals surface area contributed by atoms with Gasteiger partial charge in [0.15, 0.2) is 17.6 Å². The van der Waals surface area contributed by atoms with Crippen molar-refractivity contribution >= 4 is 29.5 Å². The Hall–Kier alpha value is -4.36. The molecule has 0 radical (unpaired) electrons. The number of carbonyl (C=O) groups is 3. The summed E-state index contributed by atoms with van der Waals surface area (Å²) < 4.78 is 35.0. The molecule has 13 heteroatoms. The van der Waals surface area contributed by atoms with E-state index >= 15 is 0 Å². The van der Waals surface area contributed by atoms with Crippen LogP contribution in [0.15, 0.2) is 83.7 Å². The molecular weight excluding hydrogens is 620 g/mol. The number of thioether (sulfide) groups is 1. The minimum absolute atomic E-state index is 0.0419. The Morgan fingerprint density at radius 2 is 1.80 bits per heavy atom. The minimum atomic E-state index is -3.77. The average Bonchev–Trinajstić information content (AvgIpc) is 3.44. The number of nitrogens with zero attached hydrogens (tertiary/aromatic N) is 1. The fourth-order valence-electron chi connectivity index (χ4n) is 5.55. The smallest absolute Gasteiger partial charge is 0.508 e. The maximum absolute atomic E-state index is 13.9. The van der Waals surface area contributed by atoms with Gasteiger partial charge in [-0.25, -0.2) is 0 Å². The number of hydrogen-bond donors (Lipinski definition) is 4. The number of nitrogens with one attached hydrogen (secondary N) is 2. The summed E-state index contributed by atoms with van der Waals surface area (Å²) in [6, 6.07) is 11.2. The Balaban J connectivity index is 1.33. The first kappa shape index (κ1) is 33.0. The molecule has 244 valence electrons. The van der Waals surface area contributed by atoms with Gasteiger partial charge in [-0.05, 0) is 68.5 Å². The van der Waals surface area contributed by atoms with Crippen molar-refractivity contribution in [2.75, 3.05) is 5.88 Å². The maximum atomic E-state index is 13.9. The van der Waals surface area contributed by atoms with E-state index in [0.717, 1.165) is 5.56 Å². The summed E-state index contributed by atoms with van der Waals surface area (Å²) >= 11 is 1.36. The molecular formula is C33H35F2N3O7S. The Labute approximate surface area is 269 Å². The lowest BCUT2D eigenvalue weighted by molar-refractivity contribution is -0.286. The van der Waals surface area contributed by atoms with Crippen molar-refractivity contribution in [1.82, 2.24) is 15.5 Å². The molecule has 0 bridgehead atoms. The molecule has 5 rings (SSSR count). The lowest BCUT2D eigenvalue weighted by Crippen LogP contribution is -2.58. The van der Waals surface area contributed by atoms with Gasteiger partial charge in [-0.15, -0.1) is 20.5 Å². The number of aliphatic hydroxyl groups is 2. The Morgan fingerprint density at radius 1 is 1.09 bits per heavy atom. The topological polar surface area (TPSA) is 137 Å². The summed E-state index contributed by atoms with van der Waals surface area (Å²) in [4.78, 5) is 42.2.